The fourth-order valence-electron chi connectivity index (χ4n) is 1.83. The van der Waals surface area contributed by atoms with Gasteiger partial charge in [0.05, 0.1) is 25.4 Å². The van der Waals surface area contributed by atoms with E-state index in [0.717, 1.165) is 5.56 Å². The van der Waals surface area contributed by atoms with Crippen molar-refractivity contribution in [3.63, 3.8) is 0 Å². The molecule has 0 atom stereocenters. The minimum atomic E-state index is -0.416. The summed E-state index contributed by atoms with van der Waals surface area (Å²) in [5.74, 6) is 0.436. The van der Waals surface area contributed by atoms with Crippen LogP contribution in [0.5, 0.6) is 5.75 Å². The highest BCUT2D eigenvalue weighted by atomic mass is 16.5. The number of hydrazine groups is 1. The standard InChI is InChI=1S/C15H16N2O4/c1-10-13(6-7-21-10)15(19)17-16-14(18)9-11-4-3-5-12(8-11)20-2/h3-8H,9H2,1-2H3,(H,16,18)(H,17,19). The number of hydrogen-bond donors (Lipinski definition) is 2. The van der Waals surface area contributed by atoms with Gasteiger partial charge in [0.2, 0.25) is 5.91 Å². The predicted octanol–water partition coefficient (Wildman–Crippen LogP) is 1.60. The number of rotatable bonds is 4. The predicted molar refractivity (Wildman–Crippen MR) is 75.8 cm³/mol. The molecule has 0 unspecified atom stereocenters. The van der Waals surface area contributed by atoms with E-state index in [-0.39, 0.29) is 12.3 Å². The quantitative estimate of drug-likeness (QED) is 0.837. The number of hydrogen-bond acceptors (Lipinski definition) is 4. The number of furan rings is 1. The molecule has 0 saturated carbocycles. The highest BCUT2D eigenvalue weighted by Crippen LogP contribution is 2.12. The first-order chi connectivity index (χ1) is 10.1. The molecule has 0 spiro atoms. The van der Waals surface area contributed by atoms with Crippen LogP contribution in [-0.4, -0.2) is 18.9 Å². The third-order valence-corrected chi connectivity index (χ3v) is 2.92. The molecule has 0 aliphatic heterocycles. The summed E-state index contributed by atoms with van der Waals surface area (Å²) in [4.78, 5) is 23.6. The number of benzene rings is 1. The number of aryl methyl sites for hydroxylation is 1. The van der Waals surface area contributed by atoms with E-state index in [1.54, 1.807) is 38.3 Å². The first kappa shape index (κ1) is 14.6. The normalized spacial score (nSPS) is 10.0. The third-order valence-electron chi connectivity index (χ3n) is 2.92. The molecule has 2 rings (SSSR count). The Labute approximate surface area is 122 Å². The average Bonchev–Trinajstić information content (AvgIpc) is 2.91. The molecule has 0 bridgehead atoms. The largest absolute Gasteiger partial charge is 0.497 e. The van der Waals surface area contributed by atoms with Gasteiger partial charge in [-0.1, -0.05) is 12.1 Å². The second-order valence-corrected chi connectivity index (χ2v) is 4.42. The zero-order valence-electron chi connectivity index (χ0n) is 11.8. The fourth-order valence-corrected chi connectivity index (χ4v) is 1.83. The zero-order chi connectivity index (χ0) is 15.2. The maximum Gasteiger partial charge on any atom is 0.273 e. The van der Waals surface area contributed by atoms with Crippen molar-refractivity contribution in [2.45, 2.75) is 13.3 Å². The second-order valence-electron chi connectivity index (χ2n) is 4.42. The fraction of sp³-hybridized carbons (Fsp3) is 0.200. The monoisotopic (exact) mass is 288 g/mol. The van der Waals surface area contributed by atoms with Gasteiger partial charge < -0.3 is 9.15 Å². The number of carbonyl (C=O) groups excluding carboxylic acids is 2. The van der Waals surface area contributed by atoms with Gasteiger partial charge in [-0.15, -0.1) is 0 Å². The van der Waals surface area contributed by atoms with Gasteiger partial charge >= 0.3 is 0 Å². The van der Waals surface area contributed by atoms with Crippen molar-refractivity contribution < 1.29 is 18.7 Å². The molecule has 0 aliphatic carbocycles. The Hall–Kier alpha value is -2.76. The van der Waals surface area contributed by atoms with Crippen LogP contribution in [0.4, 0.5) is 0 Å². The summed E-state index contributed by atoms with van der Waals surface area (Å²) in [5.41, 5.74) is 5.89. The molecule has 1 aromatic carbocycles. The number of carbonyl (C=O) groups is 2. The van der Waals surface area contributed by atoms with Crippen molar-refractivity contribution in [2.24, 2.45) is 0 Å². The van der Waals surface area contributed by atoms with E-state index in [9.17, 15) is 9.59 Å². The molecule has 1 aromatic heterocycles. The van der Waals surface area contributed by atoms with Crippen LogP contribution in [0.1, 0.15) is 21.7 Å². The lowest BCUT2D eigenvalue weighted by Crippen LogP contribution is -2.42. The lowest BCUT2D eigenvalue weighted by Gasteiger charge is -2.07. The molecule has 21 heavy (non-hydrogen) atoms. The zero-order valence-corrected chi connectivity index (χ0v) is 11.8. The van der Waals surface area contributed by atoms with Crippen LogP contribution in [0, 0.1) is 6.92 Å². The molecule has 1 heterocycles. The molecule has 2 amide bonds. The van der Waals surface area contributed by atoms with Crippen LogP contribution in [-0.2, 0) is 11.2 Å². The Morgan fingerprint density at radius 3 is 2.71 bits per heavy atom. The van der Waals surface area contributed by atoms with Crippen LogP contribution < -0.4 is 15.6 Å². The molecule has 110 valence electrons. The topological polar surface area (TPSA) is 80.6 Å². The molecule has 2 aromatic rings. The van der Waals surface area contributed by atoms with E-state index in [1.807, 2.05) is 6.07 Å². The molecule has 0 fully saturated rings. The van der Waals surface area contributed by atoms with Crippen LogP contribution in [0.3, 0.4) is 0 Å². The van der Waals surface area contributed by atoms with Crippen molar-refractivity contribution in [3.8, 4) is 5.75 Å². The first-order valence-electron chi connectivity index (χ1n) is 6.36. The Bertz CT molecular complexity index is 649. The van der Waals surface area contributed by atoms with Gasteiger partial charge in [-0.2, -0.15) is 0 Å². The second kappa shape index (κ2) is 6.60. The number of ether oxygens (including phenoxy) is 1. The lowest BCUT2D eigenvalue weighted by atomic mass is 10.1. The van der Waals surface area contributed by atoms with Crippen molar-refractivity contribution >= 4 is 11.8 Å². The minimum Gasteiger partial charge on any atom is -0.497 e. The van der Waals surface area contributed by atoms with E-state index >= 15 is 0 Å². The Balaban J connectivity index is 1.87. The van der Waals surface area contributed by atoms with Crippen molar-refractivity contribution in [2.75, 3.05) is 7.11 Å². The van der Waals surface area contributed by atoms with Crippen LogP contribution in [0.2, 0.25) is 0 Å². The first-order valence-corrected chi connectivity index (χ1v) is 6.36. The van der Waals surface area contributed by atoms with Gasteiger partial charge in [0.25, 0.3) is 5.91 Å². The van der Waals surface area contributed by atoms with Crippen molar-refractivity contribution in [1.29, 1.82) is 0 Å². The summed E-state index contributed by atoms with van der Waals surface area (Å²) >= 11 is 0. The smallest absolute Gasteiger partial charge is 0.273 e. The molecule has 0 radical (unpaired) electrons. The highest BCUT2D eigenvalue weighted by molar-refractivity contribution is 5.96. The summed E-state index contributed by atoms with van der Waals surface area (Å²) in [6.07, 6.45) is 1.56. The highest BCUT2D eigenvalue weighted by Gasteiger charge is 2.12. The molecular formula is C15H16N2O4. The minimum absolute atomic E-state index is 0.141. The van der Waals surface area contributed by atoms with Gasteiger partial charge in [-0.3, -0.25) is 20.4 Å². The van der Waals surface area contributed by atoms with Crippen molar-refractivity contribution in [1.82, 2.24) is 10.9 Å². The lowest BCUT2D eigenvalue weighted by molar-refractivity contribution is -0.121. The summed E-state index contributed by atoms with van der Waals surface area (Å²) < 4.78 is 10.1. The van der Waals surface area contributed by atoms with Gasteiger partial charge in [0.15, 0.2) is 0 Å². The Kier molecular flexibility index (Phi) is 4.61. The number of nitrogens with one attached hydrogen (secondary N) is 2. The van der Waals surface area contributed by atoms with Gasteiger partial charge in [-0.25, -0.2) is 0 Å². The Morgan fingerprint density at radius 1 is 1.24 bits per heavy atom. The summed E-state index contributed by atoms with van der Waals surface area (Å²) in [6, 6.07) is 8.71. The molecule has 2 N–H and O–H groups in total. The van der Waals surface area contributed by atoms with Gasteiger partial charge in [-0.05, 0) is 30.7 Å². The van der Waals surface area contributed by atoms with Crippen LogP contribution >= 0.6 is 0 Å². The van der Waals surface area contributed by atoms with Gasteiger partial charge in [0.1, 0.15) is 11.5 Å². The Morgan fingerprint density at radius 2 is 2.05 bits per heavy atom. The van der Waals surface area contributed by atoms with Crippen LogP contribution in [0.15, 0.2) is 41.0 Å². The average molecular weight is 288 g/mol. The van der Waals surface area contributed by atoms with Crippen LogP contribution in [0.25, 0.3) is 0 Å². The van der Waals surface area contributed by atoms with E-state index in [1.165, 1.54) is 6.26 Å². The van der Waals surface area contributed by atoms with Crippen molar-refractivity contribution in [3.05, 3.63) is 53.5 Å². The summed E-state index contributed by atoms with van der Waals surface area (Å²) in [5, 5.41) is 0. The molecular weight excluding hydrogens is 272 g/mol. The van der Waals surface area contributed by atoms with E-state index < -0.39 is 5.91 Å². The van der Waals surface area contributed by atoms with E-state index in [4.69, 9.17) is 9.15 Å². The summed E-state index contributed by atoms with van der Waals surface area (Å²) in [6.45, 7) is 1.67. The molecule has 0 aliphatic rings. The maximum atomic E-state index is 11.8. The van der Waals surface area contributed by atoms with Gasteiger partial charge in [0, 0.05) is 0 Å². The van der Waals surface area contributed by atoms with E-state index in [0.29, 0.717) is 17.1 Å². The third kappa shape index (κ3) is 3.85. The maximum absolute atomic E-state index is 11.8. The summed E-state index contributed by atoms with van der Waals surface area (Å²) in [7, 11) is 1.56. The number of methoxy groups -OCH3 is 1. The number of amides is 2. The molecule has 6 heteroatoms. The van der Waals surface area contributed by atoms with E-state index in [2.05, 4.69) is 10.9 Å². The molecule has 0 saturated heterocycles. The SMILES string of the molecule is COc1cccc(CC(=O)NNC(=O)c2ccoc2C)c1. The molecule has 6 nitrogen and oxygen atoms in total.